The Balaban J connectivity index is 0. The number of halogens is 6. The predicted octanol–water partition coefficient (Wildman–Crippen LogP) is 7.37. The minimum Gasteiger partial charge on any atom is -0.312 e. The second kappa shape index (κ2) is 17.6. The van der Waals surface area contributed by atoms with Crippen molar-refractivity contribution in [1.82, 2.24) is 10.6 Å². The first-order chi connectivity index (χ1) is 12.7. The number of hydrogen-bond acceptors (Lipinski definition) is 2. The lowest BCUT2D eigenvalue weighted by molar-refractivity contribution is 0.252. The summed E-state index contributed by atoms with van der Waals surface area (Å²) in [6.45, 7) is 4.06. The van der Waals surface area contributed by atoms with Crippen molar-refractivity contribution in [3.05, 3.63) is 69.7 Å². The van der Waals surface area contributed by atoms with Crippen LogP contribution in [0.25, 0.3) is 0 Å². The number of rotatable bonds is 8. The molecule has 8 heteroatoms. The van der Waals surface area contributed by atoms with Crippen molar-refractivity contribution >= 4 is 72.8 Å². The Bertz CT molecular complexity index is 609. The third-order valence-electron chi connectivity index (χ3n) is 5.24. The second-order valence-electron chi connectivity index (χ2n) is 7.41. The Morgan fingerprint density at radius 1 is 0.633 bits per heavy atom. The van der Waals surface area contributed by atoms with Crippen molar-refractivity contribution < 1.29 is 0 Å². The van der Waals surface area contributed by atoms with Gasteiger partial charge in [0.05, 0.1) is 0 Å². The fourth-order valence-electron chi connectivity index (χ4n) is 3.82. The van der Waals surface area contributed by atoms with Crippen LogP contribution in [0.2, 0.25) is 10.0 Å². The quantitative estimate of drug-likeness (QED) is 0.368. The smallest absolute Gasteiger partial charge is 0.0406 e. The van der Waals surface area contributed by atoms with E-state index < -0.39 is 0 Å². The molecule has 0 aromatic heterocycles. The van der Waals surface area contributed by atoms with Crippen molar-refractivity contribution in [1.29, 1.82) is 0 Å². The molecule has 0 amide bonds. The summed E-state index contributed by atoms with van der Waals surface area (Å²) in [6.07, 6.45) is 5.37. The molecule has 172 valence electrons. The van der Waals surface area contributed by atoms with Gasteiger partial charge in [0.25, 0.3) is 0 Å². The van der Waals surface area contributed by atoms with Crippen molar-refractivity contribution in [2.75, 3.05) is 13.1 Å². The summed E-state index contributed by atoms with van der Waals surface area (Å²) in [7, 11) is 0. The molecule has 1 saturated carbocycles. The normalized spacial score (nSPS) is 17.5. The molecule has 0 spiro atoms. The predicted molar refractivity (Wildman–Crippen MR) is 141 cm³/mol. The van der Waals surface area contributed by atoms with E-state index in [0.29, 0.717) is 0 Å². The summed E-state index contributed by atoms with van der Waals surface area (Å²) in [4.78, 5) is 0. The summed E-state index contributed by atoms with van der Waals surface area (Å²) in [5, 5.41) is 8.85. The van der Waals surface area contributed by atoms with Crippen LogP contribution in [-0.2, 0) is 13.1 Å². The molecule has 0 aliphatic heterocycles. The van der Waals surface area contributed by atoms with Crippen LogP contribution < -0.4 is 10.6 Å². The van der Waals surface area contributed by atoms with Crippen molar-refractivity contribution in [2.24, 2.45) is 11.8 Å². The highest BCUT2D eigenvalue weighted by atomic mass is 35.5. The third kappa shape index (κ3) is 11.6. The molecule has 30 heavy (non-hydrogen) atoms. The molecule has 0 bridgehead atoms. The zero-order valence-corrected chi connectivity index (χ0v) is 21.6. The second-order valence-corrected chi connectivity index (χ2v) is 8.29. The largest absolute Gasteiger partial charge is 0.312 e. The molecule has 1 aliphatic rings. The summed E-state index contributed by atoms with van der Waals surface area (Å²) in [5.41, 5.74) is 2.60. The number of benzene rings is 2. The highest BCUT2D eigenvalue weighted by molar-refractivity contribution is 6.30. The van der Waals surface area contributed by atoms with Crippen LogP contribution in [0, 0.1) is 11.8 Å². The molecule has 1 fully saturated rings. The van der Waals surface area contributed by atoms with E-state index in [0.717, 1.165) is 48.1 Å². The molecule has 2 atom stereocenters. The van der Waals surface area contributed by atoms with Gasteiger partial charge in [0.2, 0.25) is 0 Å². The summed E-state index contributed by atoms with van der Waals surface area (Å²) in [6, 6.07) is 16.2. The van der Waals surface area contributed by atoms with E-state index >= 15 is 0 Å². The van der Waals surface area contributed by atoms with Crippen LogP contribution in [-0.4, -0.2) is 13.1 Å². The highest BCUT2D eigenvalue weighted by Crippen LogP contribution is 2.28. The first kappa shape index (κ1) is 32.3. The molecule has 0 heterocycles. The van der Waals surface area contributed by atoms with Gasteiger partial charge in [-0.2, -0.15) is 0 Å². The van der Waals surface area contributed by atoms with Gasteiger partial charge in [0.15, 0.2) is 0 Å². The summed E-state index contributed by atoms with van der Waals surface area (Å²) >= 11 is 11.9. The van der Waals surface area contributed by atoms with Gasteiger partial charge >= 0.3 is 0 Å². The van der Waals surface area contributed by atoms with Gasteiger partial charge in [-0.15, -0.1) is 49.6 Å². The minimum atomic E-state index is 0. The van der Waals surface area contributed by atoms with Crippen molar-refractivity contribution in [3.8, 4) is 0 Å². The Morgan fingerprint density at radius 2 is 1.00 bits per heavy atom. The summed E-state index contributed by atoms with van der Waals surface area (Å²) < 4.78 is 0. The first-order valence-corrected chi connectivity index (χ1v) is 10.3. The molecule has 2 aromatic carbocycles. The van der Waals surface area contributed by atoms with E-state index in [2.05, 4.69) is 34.9 Å². The van der Waals surface area contributed by atoms with Gasteiger partial charge < -0.3 is 10.6 Å². The van der Waals surface area contributed by atoms with Gasteiger partial charge in [-0.25, -0.2) is 0 Å². The molecule has 1 aliphatic carbocycles. The van der Waals surface area contributed by atoms with E-state index in [1.165, 1.54) is 36.8 Å². The Morgan fingerprint density at radius 3 is 1.37 bits per heavy atom. The van der Waals surface area contributed by atoms with Crippen LogP contribution in [0.5, 0.6) is 0 Å². The van der Waals surface area contributed by atoms with Crippen LogP contribution in [0.1, 0.15) is 36.8 Å². The van der Waals surface area contributed by atoms with Crippen molar-refractivity contribution in [3.63, 3.8) is 0 Å². The standard InChI is InChI=1S/C22H28Cl2N2.4ClH/c23-21-8-4-17(5-9-21)13-25-15-19-2-1-3-20(12-19)16-26-14-18-6-10-22(24)11-7-18;;;;/h4-11,19-20,25-26H,1-3,12-16H2;4*1H. The maximum Gasteiger partial charge on any atom is 0.0406 e. The van der Waals surface area contributed by atoms with Gasteiger partial charge in [0, 0.05) is 23.1 Å². The Kier molecular flexibility index (Phi) is 19.0. The maximum atomic E-state index is 5.94. The molecular weight excluding hydrogens is 505 g/mol. The van der Waals surface area contributed by atoms with Gasteiger partial charge in [0.1, 0.15) is 0 Å². The fraction of sp³-hybridized carbons (Fsp3) is 0.455. The average molecular weight is 537 g/mol. The molecule has 0 radical (unpaired) electrons. The van der Waals surface area contributed by atoms with E-state index in [-0.39, 0.29) is 49.6 Å². The van der Waals surface area contributed by atoms with Gasteiger partial charge in [-0.05, 0) is 79.6 Å². The minimum absolute atomic E-state index is 0. The topological polar surface area (TPSA) is 24.1 Å². The SMILES string of the molecule is Cl.Cl.Cl.Cl.Clc1ccc(CNCC2CCCC(CNCc3ccc(Cl)cc3)C2)cc1. The maximum absolute atomic E-state index is 5.94. The average Bonchev–Trinajstić information content (AvgIpc) is 2.65. The molecule has 0 saturated heterocycles. The number of nitrogens with one attached hydrogen (secondary N) is 2. The van der Waals surface area contributed by atoms with Gasteiger partial charge in [-0.3, -0.25) is 0 Å². The van der Waals surface area contributed by atoms with Crippen LogP contribution in [0.3, 0.4) is 0 Å². The Labute approximate surface area is 215 Å². The first-order valence-electron chi connectivity index (χ1n) is 9.59. The molecule has 3 rings (SSSR count). The van der Waals surface area contributed by atoms with Crippen LogP contribution in [0.4, 0.5) is 0 Å². The molecule has 2 unspecified atom stereocenters. The lowest BCUT2D eigenvalue weighted by Gasteiger charge is -2.29. The summed E-state index contributed by atoms with van der Waals surface area (Å²) in [5.74, 6) is 1.58. The van der Waals surface area contributed by atoms with Gasteiger partial charge in [-0.1, -0.05) is 53.9 Å². The Hall–Kier alpha value is 0.1000. The lowest BCUT2D eigenvalue weighted by atomic mass is 9.81. The van der Waals surface area contributed by atoms with Crippen molar-refractivity contribution in [2.45, 2.75) is 38.8 Å². The van der Waals surface area contributed by atoms with E-state index in [4.69, 9.17) is 23.2 Å². The zero-order chi connectivity index (χ0) is 18.2. The van der Waals surface area contributed by atoms with E-state index in [9.17, 15) is 0 Å². The molecule has 2 nitrogen and oxygen atoms in total. The number of hydrogen-bond donors (Lipinski definition) is 2. The third-order valence-corrected chi connectivity index (χ3v) is 5.75. The zero-order valence-electron chi connectivity index (χ0n) is 16.8. The molecule has 2 N–H and O–H groups in total. The lowest BCUT2D eigenvalue weighted by Crippen LogP contribution is -2.31. The molecular formula is C22H32Cl6N2. The molecule has 2 aromatic rings. The van der Waals surface area contributed by atoms with Crippen LogP contribution in [0.15, 0.2) is 48.5 Å². The van der Waals surface area contributed by atoms with E-state index in [1.807, 2.05) is 24.3 Å². The monoisotopic (exact) mass is 534 g/mol. The highest BCUT2D eigenvalue weighted by Gasteiger charge is 2.21. The van der Waals surface area contributed by atoms with E-state index in [1.54, 1.807) is 0 Å². The van der Waals surface area contributed by atoms with Crippen LogP contribution >= 0.6 is 72.8 Å². The fourth-order valence-corrected chi connectivity index (χ4v) is 4.07.